The number of aliphatic hydroxyl groups excluding tert-OH is 1. The van der Waals surface area contributed by atoms with E-state index in [-0.39, 0.29) is 36.0 Å². The quantitative estimate of drug-likeness (QED) is 0.256. The van der Waals surface area contributed by atoms with Gasteiger partial charge < -0.3 is 30.0 Å². The number of halogens is 1. The molecule has 0 saturated carbocycles. The first-order valence-electron chi connectivity index (χ1n) is 10.2. The molecule has 2 aromatic carbocycles. The van der Waals surface area contributed by atoms with Crippen LogP contribution in [0.1, 0.15) is 18.4 Å². The third-order valence-electron chi connectivity index (χ3n) is 5.36. The van der Waals surface area contributed by atoms with Gasteiger partial charge in [-0.05, 0) is 42.7 Å². The van der Waals surface area contributed by atoms with Crippen molar-refractivity contribution in [1.29, 1.82) is 0 Å². The van der Waals surface area contributed by atoms with Gasteiger partial charge in [-0.2, -0.15) is 0 Å². The molecule has 1 fully saturated rings. The number of nitrogens with zero attached hydrogens (tertiary/aromatic N) is 1. The van der Waals surface area contributed by atoms with Gasteiger partial charge in [0, 0.05) is 38.8 Å². The van der Waals surface area contributed by atoms with Gasteiger partial charge in [0.05, 0.1) is 13.7 Å². The standard InChI is InChI=1S/C23H31N3O4.HI/c1-24-22(26-16-23(11-13-27)12-14-29-17-23)25-15-18-7-9-19(10-8-18)30-21-6-4-3-5-20(21)28-2;/h3-10,27H,11-17H2,1-2H3,(H2,24,25,26);1H. The molecule has 3 N–H and O–H groups in total. The lowest BCUT2D eigenvalue weighted by Crippen LogP contribution is -2.44. The minimum Gasteiger partial charge on any atom is -0.493 e. The number of rotatable bonds is 9. The average molecular weight is 541 g/mol. The van der Waals surface area contributed by atoms with E-state index in [4.69, 9.17) is 14.2 Å². The Morgan fingerprint density at radius 3 is 2.48 bits per heavy atom. The maximum Gasteiger partial charge on any atom is 0.191 e. The summed E-state index contributed by atoms with van der Waals surface area (Å²) in [5, 5.41) is 16.1. The summed E-state index contributed by atoms with van der Waals surface area (Å²) >= 11 is 0. The first-order chi connectivity index (χ1) is 14.7. The van der Waals surface area contributed by atoms with E-state index in [0.717, 1.165) is 43.3 Å². The van der Waals surface area contributed by atoms with Gasteiger partial charge in [0.2, 0.25) is 0 Å². The van der Waals surface area contributed by atoms with Gasteiger partial charge >= 0.3 is 0 Å². The fourth-order valence-electron chi connectivity index (χ4n) is 3.49. The normalized spacial score (nSPS) is 18.2. The zero-order valence-electron chi connectivity index (χ0n) is 18.1. The topological polar surface area (TPSA) is 84.3 Å². The third-order valence-corrected chi connectivity index (χ3v) is 5.36. The highest BCUT2D eigenvalue weighted by Gasteiger charge is 2.34. The van der Waals surface area contributed by atoms with Gasteiger partial charge in [-0.15, -0.1) is 24.0 Å². The molecule has 1 aliphatic rings. The summed E-state index contributed by atoms with van der Waals surface area (Å²) in [6.45, 7) is 2.94. The molecule has 1 unspecified atom stereocenters. The minimum absolute atomic E-state index is 0. The van der Waals surface area contributed by atoms with Gasteiger partial charge in [-0.1, -0.05) is 24.3 Å². The van der Waals surface area contributed by atoms with Crippen LogP contribution in [0.2, 0.25) is 0 Å². The molecular formula is C23H32IN3O4. The summed E-state index contributed by atoms with van der Waals surface area (Å²) in [6.07, 6.45) is 1.68. The monoisotopic (exact) mass is 541 g/mol. The molecule has 0 radical (unpaired) electrons. The number of aliphatic imine (C=N–C) groups is 1. The lowest BCUT2D eigenvalue weighted by Gasteiger charge is -2.27. The zero-order valence-corrected chi connectivity index (χ0v) is 20.4. The molecular weight excluding hydrogens is 509 g/mol. The van der Waals surface area contributed by atoms with E-state index in [0.29, 0.717) is 24.7 Å². The number of hydrogen-bond donors (Lipinski definition) is 3. The van der Waals surface area contributed by atoms with Crippen LogP contribution >= 0.6 is 24.0 Å². The molecule has 170 valence electrons. The maximum atomic E-state index is 9.36. The number of guanidine groups is 1. The van der Waals surface area contributed by atoms with Gasteiger partial charge in [0.25, 0.3) is 0 Å². The molecule has 31 heavy (non-hydrogen) atoms. The molecule has 7 nitrogen and oxygen atoms in total. The molecule has 1 saturated heterocycles. The van der Waals surface area contributed by atoms with Crippen LogP contribution in [-0.2, 0) is 11.3 Å². The number of para-hydroxylation sites is 2. The van der Waals surface area contributed by atoms with Crippen molar-refractivity contribution in [3.05, 3.63) is 54.1 Å². The van der Waals surface area contributed by atoms with E-state index in [2.05, 4.69) is 15.6 Å². The van der Waals surface area contributed by atoms with Crippen molar-refractivity contribution in [2.24, 2.45) is 10.4 Å². The van der Waals surface area contributed by atoms with E-state index in [1.165, 1.54) is 0 Å². The summed E-state index contributed by atoms with van der Waals surface area (Å²) in [5.74, 6) is 2.86. The van der Waals surface area contributed by atoms with Crippen LogP contribution in [0.4, 0.5) is 0 Å². The van der Waals surface area contributed by atoms with Crippen LogP contribution in [0.25, 0.3) is 0 Å². The molecule has 1 heterocycles. The third kappa shape index (κ3) is 7.26. The predicted molar refractivity (Wildman–Crippen MR) is 133 cm³/mol. The van der Waals surface area contributed by atoms with Crippen molar-refractivity contribution < 1.29 is 19.3 Å². The number of hydrogen-bond acceptors (Lipinski definition) is 5. The highest BCUT2D eigenvalue weighted by atomic mass is 127. The zero-order chi connectivity index (χ0) is 21.2. The van der Waals surface area contributed by atoms with E-state index in [9.17, 15) is 5.11 Å². The Kier molecular flexibility index (Phi) is 10.4. The van der Waals surface area contributed by atoms with Crippen molar-refractivity contribution in [2.45, 2.75) is 19.4 Å². The largest absolute Gasteiger partial charge is 0.493 e. The van der Waals surface area contributed by atoms with Crippen molar-refractivity contribution in [3.8, 4) is 17.2 Å². The average Bonchev–Trinajstić information content (AvgIpc) is 3.24. The second-order valence-corrected chi connectivity index (χ2v) is 7.45. The van der Waals surface area contributed by atoms with Crippen molar-refractivity contribution in [3.63, 3.8) is 0 Å². The first kappa shape index (κ1) is 25.2. The number of benzene rings is 2. The molecule has 0 aromatic heterocycles. The maximum absolute atomic E-state index is 9.36. The number of methoxy groups -OCH3 is 1. The van der Waals surface area contributed by atoms with E-state index in [1.807, 2.05) is 48.5 Å². The molecule has 0 bridgehead atoms. The highest BCUT2D eigenvalue weighted by molar-refractivity contribution is 14.0. The Morgan fingerprint density at radius 2 is 1.87 bits per heavy atom. The Morgan fingerprint density at radius 1 is 1.13 bits per heavy atom. The van der Waals surface area contributed by atoms with Crippen LogP contribution in [0, 0.1) is 5.41 Å². The Balaban J connectivity index is 0.00000341. The van der Waals surface area contributed by atoms with Crippen molar-refractivity contribution >= 4 is 29.9 Å². The van der Waals surface area contributed by atoms with Crippen LogP contribution in [0.5, 0.6) is 17.2 Å². The SMILES string of the molecule is CN=C(NCc1ccc(Oc2ccccc2OC)cc1)NCC1(CCO)CCOC1.I. The van der Waals surface area contributed by atoms with E-state index >= 15 is 0 Å². The van der Waals surface area contributed by atoms with Crippen LogP contribution < -0.4 is 20.1 Å². The van der Waals surface area contributed by atoms with Gasteiger partial charge in [0.1, 0.15) is 5.75 Å². The summed E-state index contributed by atoms with van der Waals surface area (Å²) in [7, 11) is 3.38. The van der Waals surface area contributed by atoms with E-state index in [1.54, 1.807) is 14.2 Å². The Labute approximate surface area is 201 Å². The van der Waals surface area contributed by atoms with Crippen LogP contribution in [-0.4, -0.2) is 51.6 Å². The first-order valence-corrected chi connectivity index (χ1v) is 10.2. The smallest absolute Gasteiger partial charge is 0.191 e. The summed E-state index contributed by atoms with van der Waals surface area (Å²) < 4.78 is 16.8. The van der Waals surface area contributed by atoms with Gasteiger partial charge in [0.15, 0.2) is 17.5 Å². The predicted octanol–water partition coefficient (Wildman–Crippen LogP) is 3.56. The number of nitrogens with one attached hydrogen (secondary N) is 2. The number of aliphatic hydroxyl groups is 1. The Hall–Kier alpha value is -2.04. The molecule has 0 aliphatic carbocycles. The fraction of sp³-hybridized carbons (Fsp3) is 0.435. The minimum atomic E-state index is -0.0240. The second-order valence-electron chi connectivity index (χ2n) is 7.45. The lowest BCUT2D eigenvalue weighted by atomic mass is 9.84. The lowest BCUT2D eigenvalue weighted by molar-refractivity contribution is 0.127. The van der Waals surface area contributed by atoms with Crippen molar-refractivity contribution in [1.82, 2.24) is 10.6 Å². The molecule has 1 atom stereocenters. The number of ether oxygens (including phenoxy) is 3. The van der Waals surface area contributed by atoms with Crippen molar-refractivity contribution in [2.75, 3.05) is 40.5 Å². The summed E-state index contributed by atoms with van der Waals surface area (Å²) in [4.78, 5) is 4.30. The fourth-order valence-corrected chi connectivity index (χ4v) is 3.49. The molecule has 0 spiro atoms. The molecule has 8 heteroatoms. The second kappa shape index (κ2) is 12.7. The van der Waals surface area contributed by atoms with E-state index < -0.39 is 0 Å². The van der Waals surface area contributed by atoms with Gasteiger partial charge in [-0.3, -0.25) is 4.99 Å². The molecule has 2 aromatic rings. The van der Waals surface area contributed by atoms with Crippen LogP contribution in [0.3, 0.4) is 0 Å². The summed E-state index contributed by atoms with van der Waals surface area (Å²) in [5.41, 5.74) is 1.09. The molecule has 0 amide bonds. The highest BCUT2D eigenvalue weighted by Crippen LogP contribution is 2.32. The molecule has 3 rings (SSSR count). The van der Waals surface area contributed by atoms with Crippen LogP contribution in [0.15, 0.2) is 53.5 Å². The summed E-state index contributed by atoms with van der Waals surface area (Å²) in [6, 6.07) is 15.5. The molecule has 1 aliphatic heterocycles. The van der Waals surface area contributed by atoms with Gasteiger partial charge in [-0.25, -0.2) is 0 Å². The Bertz CT molecular complexity index is 824.